The van der Waals surface area contributed by atoms with Crippen molar-refractivity contribution in [3.8, 4) is 11.3 Å². The van der Waals surface area contributed by atoms with Gasteiger partial charge in [0.15, 0.2) is 0 Å². The van der Waals surface area contributed by atoms with Crippen molar-refractivity contribution in [2.45, 2.75) is 49.4 Å². The summed E-state index contributed by atoms with van der Waals surface area (Å²) in [4.78, 5) is 4.96. The molecular formula is C29H29GeNS. The third kappa shape index (κ3) is 2.99. The molecule has 0 radical (unpaired) electrons. The molecule has 0 bridgehead atoms. The van der Waals surface area contributed by atoms with Gasteiger partial charge in [0, 0.05) is 0 Å². The fourth-order valence-electron chi connectivity index (χ4n) is 5.60. The SMILES string of the molecule is CC(C)(C)c1cc(-c2nccc3c2sc2[c]4c(ccc23)C[CH2][Ge]4([CH3])[CH3])cc2ccccc12. The van der Waals surface area contributed by atoms with Crippen LogP contribution in [0.3, 0.4) is 0 Å². The molecule has 2 aromatic heterocycles. The molecule has 1 aliphatic heterocycles. The van der Waals surface area contributed by atoms with Crippen LogP contribution >= 0.6 is 11.3 Å². The Kier molecular flexibility index (Phi) is 4.42. The second kappa shape index (κ2) is 6.92. The summed E-state index contributed by atoms with van der Waals surface area (Å²) in [5.74, 6) is 5.18. The molecule has 6 rings (SSSR count). The fourth-order valence-corrected chi connectivity index (χ4v) is 14.9. The van der Waals surface area contributed by atoms with E-state index in [-0.39, 0.29) is 5.41 Å². The molecule has 1 aliphatic rings. The van der Waals surface area contributed by atoms with Gasteiger partial charge in [-0.3, -0.25) is 0 Å². The maximum absolute atomic E-state index is 4.96. The van der Waals surface area contributed by atoms with Gasteiger partial charge in [-0.15, -0.1) is 0 Å². The minimum absolute atomic E-state index is 0.0715. The van der Waals surface area contributed by atoms with Crippen LogP contribution in [0.15, 0.2) is 60.8 Å². The van der Waals surface area contributed by atoms with Gasteiger partial charge in [-0.1, -0.05) is 0 Å². The molecule has 0 unspecified atom stereocenters. The predicted molar refractivity (Wildman–Crippen MR) is 144 cm³/mol. The predicted octanol–water partition coefficient (Wildman–Crippen LogP) is 8.04. The van der Waals surface area contributed by atoms with Crippen LogP contribution in [-0.2, 0) is 11.8 Å². The second-order valence-electron chi connectivity index (χ2n) is 11.0. The van der Waals surface area contributed by atoms with E-state index in [1.54, 1.807) is 14.7 Å². The first-order valence-electron chi connectivity index (χ1n) is 11.6. The number of pyridine rings is 1. The van der Waals surface area contributed by atoms with Gasteiger partial charge in [-0.2, -0.15) is 0 Å². The number of aryl methyl sites for hydroxylation is 1. The van der Waals surface area contributed by atoms with E-state index in [2.05, 4.69) is 86.9 Å². The number of hydrogen-bond acceptors (Lipinski definition) is 2. The molecule has 0 saturated heterocycles. The molecule has 0 N–H and O–H groups in total. The van der Waals surface area contributed by atoms with Crippen molar-refractivity contribution < 1.29 is 0 Å². The van der Waals surface area contributed by atoms with Gasteiger partial charge >= 0.3 is 197 Å². The summed E-state index contributed by atoms with van der Waals surface area (Å²) in [6, 6.07) is 20.5. The summed E-state index contributed by atoms with van der Waals surface area (Å²) >= 11 is 0.0668. The molecule has 0 saturated carbocycles. The molecule has 0 fully saturated rings. The zero-order valence-electron chi connectivity index (χ0n) is 19.5. The Hall–Kier alpha value is -2.17. The molecular weight excluding hydrogens is 467 g/mol. The molecule has 3 aromatic carbocycles. The van der Waals surface area contributed by atoms with Gasteiger partial charge < -0.3 is 0 Å². The standard InChI is InChI=1S/C29H29GeNS/c1-29(2,3)24-17-20(16-19-8-6-7-9-21(19)24)26-28-23(13-15-31-26)22-11-10-18-12-14-30(4,5)25(18)27(22)32-28/h6-11,13,15-17H,12,14H2,1-5H3. The van der Waals surface area contributed by atoms with Crippen molar-refractivity contribution >= 4 is 59.9 Å². The summed E-state index contributed by atoms with van der Waals surface area (Å²) < 4.78 is 4.64. The summed E-state index contributed by atoms with van der Waals surface area (Å²) in [6.45, 7) is 6.93. The minimum atomic E-state index is -1.93. The number of nitrogens with zero attached hydrogens (tertiary/aromatic N) is 1. The molecule has 0 spiro atoms. The first-order valence-corrected chi connectivity index (χ1v) is 19.2. The fraction of sp³-hybridized carbons (Fsp3) is 0.276. The summed E-state index contributed by atoms with van der Waals surface area (Å²) in [6.07, 6.45) is 3.28. The van der Waals surface area contributed by atoms with Crippen molar-refractivity contribution in [3.05, 3.63) is 71.9 Å². The zero-order valence-corrected chi connectivity index (χ0v) is 22.5. The Morgan fingerprint density at radius 3 is 2.47 bits per heavy atom. The summed E-state index contributed by atoms with van der Waals surface area (Å²) in [7, 11) is 0. The van der Waals surface area contributed by atoms with E-state index >= 15 is 0 Å². The molecule has 32 heavy (non-hydrogen) atoms. The first-order chi connectivity index (χ1) is 15.2. The number of benzene rings is 3. The van der Waals surface area contributed by atoms with Crippen LogP contribution in [0.4, 0.5) is 0 Å². The maximum atomic E-state index is 4.96. The van der Waals surface area contributed by atoms with Crippen molar-refractivity contribution in [3.63, 3.8) is 0 Å². The Morgan fingerprint density at radius 2 is 1.66 bits per heavy atom. The van der Waals surface area contributed by atoms with Crippen LogP contribution in [0.1, 0.15) is 31.9 Å². The normalized spacial score (nSPS) is 15.7. The average molecular weight is 496 g/mol. The third-order valence-corrected chi connectivity index (χ3v) is 16.1. The van der Waals surface area contributed by atoms with Gasteiger partial charge in [-0.05, 0) is 0 Å². The average Bonchev–Trinajstić information content (AvgIpc) is 3.29. The van der Waals surface area contributed by atoms with Crippen LogP contribution in [0.25, 0.3) is 42.2 Å². The second-order valence-corrected chi connectivity index (χ2v) is 22.0. The van der Waals surface area contributed by atoms with Crippen LogP contribution in [0, 0.1) is 0 Å². The van der Waals surface area contributed by atoms with E-state index in [9.17, 15) is 0 Å². The number of hydrogen-bond donors (Lipinski definition) is 0. The zero-order chi connectivity index (χ0) is 22.3. The van der Waals surface area contributed by atoms with Crippen LogP contribution in [0.2, 0.25) is 16.8 Å². The van der Waals surface area contributed by atoms with E-state index in [0.717, 1.165) is 5.69 Å². The molecule has 3 heterocycles. The van der Waals surface area contributed by atoms with Crippen LogP contribution in [0.5, 0.6) is 0 Å². The molecule has 3 heteroatoms. The molecule has 0 atom stereocenters. The molecule has 1 nitrogen and oxygen atoms in total. The van der Waals surface area contributed by atoms with Crippen LogP contribution < -0.4 is 4.40 Å². The van der Waals surface area contributed by atoms with E-state index in [4.69, 9.17) is 4.98 Å². The van der Waals surface area contributed by atoms with Gasteiger partial charge in [0.05, 0.1) is 0 Å². The van der Waals surface area contributed by atoms with E-state index in [1.165, 1.54) is 49.0 Å². The molecule has 0 amide bonds. The number of aromatic nitrogens is 1. The Morgan fingerprint density at radius 1 is 0.875 bits per heavy atom. The Balaban J connectivity index is 1.68. The van der Waals surface area contributed by atoms with Crippen molar-refractivity contribution in [1.82, 2.24) is 4.98 Å². The topological polar surface area (TPSA) is 12.9 Å². The number of thiophene rings is 1. The van der Waals surface area contributed by atoms with Gasteiger partial charge in [0.25, 0.3) is 0 Å². The van der Waals surface area contributed by atoms with E-state index < -0.39 is 13.3 Å². The number of fused-ring (bicyclic) bond motifs is 6. The summed E-state index contributed by atoms with van der Waals surface area (Å²) in [5, 5.41) is 6.87. The van der Waals surface area contributed by atoms with Crippen molar-refractivity contribution in [2.24, 2.45) is 0 Å². The summed E-state index contributed by atoms with van der Waals surface area (Å²) in [5.41, 5.74) is 5.45. The molecule has 5 aromatic rings. The quantitative estimate of drug-likeness (QED) is 0.214. The van der Waals surface area contributed by atoms with Crippen molar-refractivity contribution in [2.75, 3.05) is 0 Å². The van der Waals surface area contributed by atoms with E-state index in [1.807, 2.05) is 17.5 Å². The van der Waals surface area contributed by atoms with E-state index in [0.29, 0.717) is 0 Å². The number of rotatable bonds is 1. The Labute approximate surface area is 196 Å². The molecule has 160 valence electrons. The third-order valence-electron chi connectivity index (χ3n) is 7.28. The first kappa shape index (κ1) is 20.4. The van der Waals surface area contributed by atoms with Gasteiger partial charge in [-0.25, -0.2) is 0 Å². The van der Waals surface area contributed by atoms with Crippen LogP contribution in [-0.4, -0.2) is 18.3 Å². The van der Waals surface area contributed by atoms with Gasteiger partial charge in [0.2, 0.25) is 0 Å². The Bertz CT molecular complexity index is 1530. The van der Waals surface area contributed by atoms with Crippen molar-refractivity contribution in [1.29, 1.82) is 0 Å². The molecule has 0 aliphatic carbocycles. The monoisotopic (exact) mass is 497 g/mol. The van der Waals surface area contributed by atoms with Gasteiger partial charge in [0.1, 0.15) is 0 Å².